The highest BCUT2D eigenvalue weighted by atomic mass is 16.2. The Hall–Kier alpha value is -1.72. The van der Waals surface area contributed by atoms with Gasteiger partial charge < -0.3 is 9.69 Å². The fourth-order valence-corrected chi connectivity index (χ4v) is 2.17. The highest BCUT2D eigenvalue weighted by Gasteiger charge is 2.27. The first kappa shape index (κ1) is 16.3. The van der Waals surface area contributed by atoms with Crippen LogP contribution in [0.15, 0.2) is 0 Å². The molecule has 0 spiro atoms. The fraction of sp³-hybridized carbons (Fsp3) is 0.714. The average Bonchev–Trinajstić information content (AvgIpc) is 2.75. The van der Waals surface area contributed by atoms with E-state index in [-0.39, 0.29) is 30.6 Å². The highest BCUT2D eigenvalue weighted by molar-refractivity contribution is 6.01. The number of hydrogen-bond acceptors (Lipinski definition) is 4. The minimum atomic E-state index is -0.0730. The predicted molar refractivity (Wildman–Crippen MR) is 72.7 cm³/mol. The molecule has 0 bridgehead atoms. The number of hydrogen-bond donors (Lipinski definition) is 0. The number of carbonyl (C=O) groups excluding carboxylic acids is 4. The van der Waals surface area contributed by atoms with Gasteiger partial charge in [-0.3, -0.25) is 19.3 Å². The minimum absolute atomic E-state index is 0.0259. The van der Waals surface area contributed by atoms with Crippen molar-refractivity contribution >= 4 is 24.0 Å². The summed E-state index contributed by atoms with van der Waals surface area (Å²) in [6.07, 6.45) is 4.42. The summed E-state index contributed by atoms with van der Waals surface area (Å²) < 4.78 is 0. The molecule has 1 heterocycles. The van der Waals surface area contributed by atoms with Gasteiger partial charge in [0, 0.05) is 45.8 Å². The van der Waals surface area contributed by atoms with Crippen molar-refractivity contribution in [2.75, 3.05) is 20.1 Å². The highest BCUT2D eigenvalue weighted by Crippen LogP contribution is 2.13. The molecule has 0 atom stereocenters. The van der Waals surface area contributed by atoms with Crippen LogP contribution in [0.3, 0.4) is 0 Å². The Balaban J connectivity index is 2.09. The largest absolute Gasteiger partial charge is 0.346 e. The van der Waals surface area contributed by atoms with Crippen LogP contribution in [0.25, 0.3) is 0 Å². The normalized spacial score (nSPS) is 14.8. The molecule has 0 unspecified atom stereocenters. The van der Waals surface area contributed by atoms with Gasteiger partial charge >= 0.3 is 0 Å². The van der Waals surface area contributed by atoms with Crippen LogP contribution in [-0.2, 0) is 19.2 Å². The van der Waals surface area contributed by atoms with Crippen molar-refractivity contribution in [1.82, 2.24) is 9.80 Å². The zero-order valence-electron chi connectivity index (χ0n) is 12.0. The lowest BCUT2D eigenvalue weighted by atomic mass is 10.2. The molecule has 6 nitrogen and oxygen atoms in total. The first-order chi connectivity index (χ1) is 9.56. The first-order valence-electron chi connectivity index (χ1n) is 7.07. The van der Waals surface area contributed by atoms with Gasteiger partial charge in [-0.05, 0) is 19.3 Å². The van der Waals surface area contributed by atoms with Gasteiger partial charge in [0.15, 0.2) is 0 Å². The Morgan fingerprint density at radius 2 is 1.85 bits per heavy atom. The van der Waals surface area contributed by atoms with Crippen LogP contribution in [0.4, 0.5) is 0 Å². The summed E-state index contributed by atoms with van der Waals surface area (Å²) in [5, 5.41) is 0. The van der Waals surface area contributed by atoms with Gasteiger partial charge in [-0.15, -0.1) is 0 Å². The Morgan fingerprint density at radius 3 is 2.45 bits per heavy atom. The smallest absolute Gasteiger partial charge is 0.229 e. The zero-order chi connectivity index (χ0) is 15.0. The number of rotatable bonds is 9. The summed E-state index contributed by atoms with van der Waals surface area (Å²) in [7, 11) is 1.72. The van der Waals surface area contributed by atoms with Crippen LogP contribution in [0, 0.1) is 0 Å². The molecule has 1 saturated heterocycles. The standard InChI is InChI=1S/C14H22N2O4/c1-15(12(18)6-5-11-17)9-3-2-4-10-16-13(19)7-8-14(16)20/h11H,2-10H2,1H3. The molecule has 1 aliphatic heterocycles. The summed E-state index contributed by atoms with van der Waals surface area (Å²) in [4.78, 5) is 47.4. The van der Waals surface area contributed by atoms with Gasteiger partial charge in [0.05, 0.1) is 0 Å². The molecule has 0 saturated carbocycles. The molecule has 0 radical (unpaired) electrons. The molecule has 20 heavy (non-hydrogen) atoms. The number of aldehydes is 1. The zero-order valence-corrected chi connectivity index (χ0v) is 12.0. The molecule has 0 aromatic carbocycles. The third-order valence-corrected chi connectivity index (χ3v) is 3.43. The second kappa shape index (κ2) is 8.45. The fourth-order valence-electron chi connectivity index (χ4n) is 2.17. The predicted octanol–water partition coefficient (Wildman–Crippen LogP) is 0.743. The van der Waals surface area contributed by atoms with E-state index >= 15 is 0 Å². The lowest BCUT2D eigenvalue weighted by molar-refractivity contribution is -0.138. The summed E-state index contributed by atoms with van der Waals surface area (Å²) in [5.74, 6) is -0.172. The van der Waals surface area contributed by atoms with Crippen molar-refractivity contribution in [2.45, 2.75) is 44.9 Å². The van der Waals surface area contributed by atoms with Crippen LogP contribution >= 0.6 is 0 Å². The van der Waals surface area contributed by atoms with Gasteiger partial charge in [-0.25, -0.2) is 0 Å². The molecule has 0 aromatic heterocycles. The number of carbonyl (C=O) groups is 4. The summed E-state index contributed by atoms with van der Waals surface area (Å²) in [5.41, 5.74) is 0. The van der Waals surface area contributed by atoms with Crippen LogP contribution in [0.1, 0.15) is 44.9 Å². The van der Waals surface area contributed by atoms with E-state index in [2.05, 4.69) is 0 Å². The summed E-state index contributed by atoms with van der Waals surface area (Å²) >= 11 is 0. The maximum Gasteiger partial charge on any atom is 0.229 e. The van der Waals surface area contributed by atoms with Crippen molar-refractivity contribution in [1.29, 1.82) is 0 Å². The molecule has 1 fully saturated rings. The molecule has 1 rings (SSSR count). The molecular formula is C14H22N2O4. The third kappa shape index (κ3) is 5.11. The van der Waals surface area contributed by atoms with Gasteiger partial charge in [-0.1, -0.05) is 0 Å². The van der Waals surface area contributed by atoms with Gasteiger partial charge in [0.2, 0.25) is 17.7 Å². The minimum Gasteiger partial charge on any atom is -0.346 e. The molecule has 3 amide bonds. The Kier molecular flexibility index (Phi) is 6.90. The van der Waals surface area contributed by atoms with Crippen LogP contribution < -0.4 is 0 Å². The van der Waals surface area contributed by atoms with E-state index in [9.17, 15) is 19.2 Å². The van der Waals surface area contributed by atoms with E-state index < -0.39 is 0 Å². The van der Waals surface area contributed by atoms with Crippen molar-refractivity contribution in [3.05, 3.63) is 0 Å². The molecular weight excluding hydrogens is 260 g/mol. The van der Waals surface area contributed by atoms with Gasteiger partial charge in [0.25, 0.3) is 0 Å². The quantitative estimate of drug-likeness (QED) is 0.355. The Morgan fingerprint density at radius 1 is 1.20 bits per heavy atom. The van der Waals surface area contributed by atoms with Crippen LogP contribution in [0.2, 0.25) is 0 Å². The molecule has 0 aliphatic carbocycles. The van der Waals surface area contributed by atoms with E-state index in [4.69, 9.17) is 0 Å². The maximum absolute atomic E-state index is 11.5. The second-order valence-corrected chi connectivity index (χ2v) is 5.02. The van der Waals surface area contributed by atoms with Gasteiger partial charge in [0.1, 0.15) is 6.29 Å². The number of unbranched alkanes of at least 4 members (excludes halogenated alkanes) is 2. The maximum atomic E-state index is 11.5. The molecule has 6 heteroatoms. The number of amides is 3. The summed E-state index contributed by atoms with van der Waals surface area (Å²) in [6.45, 7) is 1.13. The number of imide groups is 1. The molecule has 112 valence electrons. The van der Waals surface area contributed by atoms with Crippen molar-refractivity contribution in [3.8, 4) is 0 Å². The first-order valence-corrected chi connectivity index (χ1v) is 7.07. The Bertz CT molecular complexity index is 365. The third-order valence-electron chi connectivity index (χ3n) is 3.43. The summed E-state index contributed by atoms with van der Waals surface area (Å²) in [6, 6.07) is 0. The monoisotopic (exact) mass is 282 g/mol. The molecule has 0 N–H and O–H groups in total. The van der Waals surface area contributed by atoms with Crippen LogP contribution in [-0.4, -0.2) is 53.9 Å². The Labute approximate surface area is 119 Å². The number of likely N-dealkylation sites (tertiary alicyclic amines) is 1. The van der Waals surface area contributed by atoms with E-state index in [1.165, 1.54) is 4.90 Å². The second-order valence-electron chi connectivity index (χ2n) is 5.02. The van der Waals surface area contributed by atoms with Crippen molar-refractivity contribution in [2.24, 2.45) is 0 Å². The van der Waals surface area contributed by atoms with Crippen molar-refractivity contribution < 1.29 is 19.2 Å². The SMILES string of the molecule is CN(CCCCCN1C(=O)CCC1=O)C(=O)CCC=O. The van der Waals surface area contributed by atoms with E-state index in [0.29, 0.717) is 25.9 Å². The topological polar surface area (TPSA) is 74.8 Å². The molecule has 1 aliphatic rings. The lowest BCUT2D eigenvalue weighted by Crippen LogP contribution is -2.30. The molecule has 0 aromatic rings. The van der Waals surface area contributed by atoms with E-state index in [0.717, 1.165) is 25.5 Å². The van der Waals surface area contributed by atoms with Crippen LogP contribution in [0.5, 0.6) is 0 Å². The average molecular weight is 282 g/mol. The van der Waals surface area contributed by atoms with Crippen molar-refractivity contribution in [3.63, 3.8) is 0 Å². The van der Waals surface area contributed by atoms with E-state index in [1.54, 1.807) is 11.9 Å². The van der Waals surface area contributed by atoms with Gasteiger partial charge in [-0.2, -0.15) is 0 Å². The lowest BCUT2D eigenvalue weighted by Gasteiger charge is -2.17. The number of nitrogens with zero attached hydrogens (tertiary/aromatic N) is 2. The van der Waals surface area contributed by atoms with E-state index in [1.807, 2.05) is 0 Å².